The molecule has 0 spiro atoms. The minimum Gasteiger partial charge on any atom is -0.301 e. The van der Waals surface area contributed by atoms with Gasteiger partial charge in [-0.3, -0.25) is 0 Å². The highest BCUT2D eigenvalue weighted by Gasteiger charge is 2.23. The normalized spacial score (nSPS) is 30.6. The fourth-order valence-electron chi connectivity index (χ4n) is 3.66. The first-order chi connectivity index (χ1) is 9.28. The molecule has 112 valence electrons. The Bertz CT molecular complexity index is 225. The number of piperazine rings is 1. The Morgan fingerprint density at radius 2 is 1.47 bits per heavy atom. The highest BCUT2D eigenvalue weighted by Crippen LogP contribution is 2.28. The van der Waals surface area contributed by atoms with E-state index >= 15 is 0 Å². The zero-order valence-corrected chi connectivity index (χ0v) is 13.2. The molecule has 0 aromatic rings. The first-order valence-corrected chi connectivity index (χ1v) is 8.72. The maximum atomic E-state index is 2.73. The van der Waals surface area contributed by atoms with Crippen LogP contribution < -0.4 is 0 Å². The second kappa shape index (κ2) is 8.26. The SMILES string of the molecule is CCCCCN1CCN(CC2CCC(C)CC2)CC1. The van der Waals surface area contributed by atoms with Crippen LogP contribution in [0, 0.1) is 11.8 Å². The summed E-state index contributed by atoms with van der Waals surface area (Å²) in [5.41, 5.74) is 0. The van der Waals surface area contributed by atoms with Gasteiger partial charge < -0.3 is 9.80 Å². The molecule has 19 heavy (non-hydrogen) atoms. The topological polar surface area (TPSA) is 6.48 Å². The first-order valence-electron chi connectivity index (χ1n) is 8.72. The van der Waals surface area contributed by atoms with Gasteiger partial charge >= 0.3 is 0 Å². The van der Waals surface area contributed by atoms with E-state index < -0.39 is 0 Å². The summed E-state index contributed by atoms with van der Waals surface area (Å²) in [6, 6.07) is 0. The van der Waals surface area contributed by atoms with Crippen LogP contribution >= 0.6 is 0 Å². The van der Waals surface area contributed by atoms with Crippen LogP contribution in [0.25, 0.3) is 0 Å². The monoisotopic (exact) mass is 266 g/mol. The molecule has 1 saturated heterocycles. The molecule has 2 rings (SSSR count). The third kappa shape index (κ3) is 5.43. The highest BCUT2D eigenvalue weighted by atomic mass is 15.3. The average molecular weight is 266 g/mol. The minimum atomic E-state index is 0.992. The minimum absolute atomic E-state index is 0.992. The molecule has 0 aromatic heterocycles. The van der Waals surface area contributed by atoms with Crippen molar-refractivity contribution in [1.29, 1.82) is 0 Å². The summed E-state index contributed by atoms with van der Waals surface area (Å²) in [6.07, 6.45) is 10.1. The van der Waals surface area contributed by atoms with Crippen LogP contribution in [0.5, 0.6) is 0 Å². The lowest BCUT2D eigenvalue weighted by Crippen LogP contribution is -2.48. The van der Waals surface area contributed by atoms with Crippen LogP contribution in [0.2, 0.25) is 0 Å². The summed E-state index contributed by atoms with van der Waals surface area (Å²) < 4.78 is 0. The molecule has 1 aliphatic carbocycles. The van der Waals surface area contributed by atoms with E-state index in [1.165, 1.54) is 84.2 Å². The summed E-state index contributed by atoms with van der Waals surface area (Å²) in [5, 5.41) is 0. The molecule has 0 atom stereocenters. The molecule has 1 aliphatic heterocycles. The Kier molecular flexibility index (Phi) is 6.66. The molecule has 2 fully saturated rings. The Morgan fingerprint density at radius 3 is 2.11 bits per heavy atom. The van der Waals surface area contributed by atoms with E-state index in [1.54, 1.807) is 0 Å². The molecular formula is C17H34N2. The molecule has 0 unspecified atom stereocenters. The number of hydrogen-bond acceptors (Lipinski definition) is 2. The van der Waals surface area contributed by atoms with Crippen molar-refractivity contribution in [3.05, 3.63) is 0 Å². The third-order valence-electron chi connectivity index (χ3n) is 5.19. The standard InChI is InChI=1S/C17H34N2/c1-3-4-5-10-18-11-13-19(14-12-18)15-17-8-6-16(2)7-9-17/h16-17H,3-15H2,1-2H3. The number of rotatable bonds is 6. The summed E-state index contributed by atoms with van der Waals surface area (Å²) >= 11 is 0. The number of unbranched alkanes of at least 4 members (excludes halogenated alkanes) is 2. The lowest BCUT2D eigenvalue weighted by Gasteiger charge is -2.37. The van der Waals surface area contributed by atoms with Gasteiger partial charge in [-0.15, -0.1) is 0 Å². The fourth-order valence-corrected chi connectivity index (χ4v) is 3.66. The predicted molar refractivity (Wildman–Crippen MR) is 83.5 cm³/mol. The van der Waals surface area contributed by atoms with Crippen LogP contribution in [0.3, 0.4) is 0 Å². The summed E-state index contributed by atoms with van der Waals surface area (Å²) in [4.78, 5) is 5.41. The summed E-state index contributed by atoms with van der Waals surface area (Å²) in [6.45, 7) is 12.7. The second-order valence-electron chi connectivity index (χ2n) is 6.98. The van der Waals surface area contributed by atoms with E-state index in [9.17, 15) is 0 Å². The smallest absolute Gasteiger partial charge is 0.0110 e. The van der Waals surface area contributed by atoms with E-state index in [-0.39, 0.29) is 0 Å². The molecule has 1 saturated carbocycles. The van der Waals surface area contributed by atoms with Crippen molar-refractivity contribution >= 4 is 0 Å². The van der Waals surface area contributed by atoms with E-state index in [0.717, 1.165) is 11.8 Å². The maximum Gasteiger partial charge on any atom is 0.0110 e. The Balaban J connectivity index is 1.58. The molecule has 0 bridgehead atoms. The Hall–Kier alpha value is -0.0800. The summed E-state index contributed by atoms with van der Waals surface area (Å²) in [5.74, 6) is 1.99. The van der Waals surface area contributed by atoms with Crippen molar-refractivity contribution < 1.29 is 0 Å². The number of hydrogen-bond donors (Lipinski definition) is 0. The van der Waals surface area contributed by atoms with Gasteiger partial charge in [0.05, 0.1) is 0 Å². The molecule has 2 aliphatic rings. The van der Waals surface area contributed by atoms with Gasteiger partial charge in [-0.2, -0.15) is 0 Å². The van der Waals surface area contributed by atoms with Crippen LogP contribution in [-0.4, -0.2) is 49.1 Å². The van der Waals surface area contributed by atoms with Gasteiger partial charge in [-0.1, -0.05) is 39.5 Å². The van der Waals surface area contributed by atoms with E-state index in [2.05, 4.69) is 23.6 Å². The van der Waals surface area contributed by atoms with E-state index in [4.69, 9.17) is 0 Å². The van der Waals surface area contributed by atoms with Gasteiger partial charge in [-0.05, 0) is 37.6 Å². The van der Waals surface area contributed by atoms with Gasteiger partial charge in [-0.25, -0.2) is 0 Å². The van der Waals surface area contributed by atoms with Crippen LogP contribution in [0.4, 0.5) is 0 Å². The Labute approximate surface area is 120 Å². The first kappa shape index (κ1) is 15.3. The molecule has 0 amide bonds. The largest absolute Gasteiger partial charge is 0.301 e. The Morgan fingerprint density at radius 1 is 0.842 bits per heavy atom. The molecule has 2 nitrogen and oxygen atoms in total. The van der Waals surface area contributed by atoms with Crippen LogP contribution in [0.15, 0.2) is 0 Å². The average Bonchev–Trinajstić information content (AvgIpc) is 2.44. The second-order valence-corrected chi connectivity index (χ2v) is 6.98. The fraction of sp³-hybridized carbons (Fsp3) is 1.00. The molecule has 1 heterocycles. The van der Waals surface area contributed by atoms with Crippen molar-refractivity contribution in [2.45, 2.75) is 58.8 Å². The molecule has 0 N–H and O–H groups in total. The lowest BCUT2D eigenvalue weighted by molar-refractivity contribution is 0.104. The maximum absolute atomic E-state index is 2.73. The lowest BCUT2D eigenvalue weighted by atomic mass is 9.83. The van der Waals surface area contributed by atoms with Crippen LogP contribution in [-0.2, 0) is 0 Å². The zero-order valence-electron chi connectivity index (χ0n) is 13.2. The van der Waals surface area contributed by atoms with Gasteiger partial charge in [0.15, 0.2) is 0 Å². The molecule has 0 radical (unpaired) electrons. The molecule has 2 heteroatoms. The van der Waals surface area contributed by atoms with Crippen molar-refractivity contribution in [3.8, 4) is 0 Å². The van der Waals surface area contributed by atoms with Gasteiger partial charge in [0.25, 0.3) is 0 Å². The molecular weight excluding hydrogens is 232 g/mol. The number of nitrogens with zero attached hydrogens (tertiary/aromatic N) is 2. The summed E-state index contributed by atoms with van der Waals surface area (Å²) in [7, 11) is 0. The quantitative estimate of drug-likeness (QED) is 0.678. The zero-order chi connectivity index (χ0) is 13.5. The van der Waals surface area contributed by atoms with Crippen molar-refractivity contribution in [2.24, 2.45) is 11.8 Å². The van der Waals surface area contributed by atoms with Crippen LogP contribution in [0.1, 0.15) is 58.8 Å². The van der Waals surface area contributed by atoms with Gasteiger partial charge in [0.1, 0.15) is 0 Å². The highest BCUT2D eigenvalue weighted by molar-refractivity contribution is 4.77. The third-order valence-corrected chi connectivity index (χ3v) is 5.19. The van der Waals surface area contributed by atoms with Crippen molar-refractivity contribution in [2.75, 3.05) is 39.3 Å². The van der Waals surface area contributed by atoms with Crippen molar-refractivity contribution in [3.63, 3.8) is 0 Å². The van der Waals surface area contributed by atoms with E-state index in [0.29, 0.717) is 0 Å². The predicted octanol–water partition coefficient (Wildman–Crippen LogP) is 3.62. The van der Waals surface area contributed by atoms with Gasteiger partial charge in [0, 0.05) is 32.7 Å². The molecule has 0 aromatic carbocycles. The van der Waals surface area contributed by atoms with Gasteiger partial charge in [0.2, 0.25) is 0 Å². The van der Waals surface area contributed by atoms with Crippen molar-refractivity contribution in [1.82, 2.24) is 9.80 Å². The van der Waals surface area contributed by atoms with E-state index in [1.807, 2.05) is 0 Å².